The Balaban J connectivity index is 1.17. The van der Waals surface area contributed by atoms with E-state index in [1.807, 2.05) is 0 Å². The van der Waals surface area contributed by atoms with Gasteiger partial charge >= 0.3 is 0 Å². The van der Waals surface area contributed by atoms with Gasteiger partial charge in [0.2, 0.25) is 0 Å². The van der Waals surface area contributed by atoms with Crippen molar-refractivity contribution < 1.29 is 0 Å². The van der Waals surface area contributed by atoms with Gasteiger partial charge in [-0.3, -0.25) is 26.2 Å². The third-order valence-electron chi connectivity index (χ3n) is 11.5. The Hall–Kier alpha value is -5.14. The normalized spacial score (nSPS) is 23.7. The number of hydrogen-bond acceptors (Lipinski definition) is 5. The van der Waals surface area contributed by atoms with E-state index in [0.717, 1.165) is 6.42 Å². The van der Waals surface area contributed by atoms with Gasteiger partial charge in [-0.25, -0.2) is 0 Å². The minimum atomic E-state index is -0.122. The second-order valence-corrected chi connectivity index (χ2v) is 15.0. The van der Waals surface area contributed by atoms with Crippen LogP contribution in [-0.2, 0) is 0 Å². The lowest BCUT2D eigenvalue weighted by molar-refractivity contribution is 0.0860. The Bertz CT molecular complexity index is 2310. The van der Waals surface area contributed by atoms with E-state index in [4.69, 9.17) is 0 Å². The van der Waals surface area contributed by atoms with Gasteiger partial charge in [0.15, 0.2) is 0 Å². The molecule has 9 rings (SSSR count). The van der Waals surface area contributed by atoms with Gasteiger partial charge in [0.25, 0.3) is 0 Å². The van der Waals surface area contributed by atoms with Crippen molar-refractivity contribution in [1.29, 1.82) is 0 Å². The molecule has 0 bridgehead atoms. The summed E-state index contributed by atoms with van der Waals surface area (Å²) in [6.07, 6.45) is 1.13. The summed E-state index contributed by atoms with van der Waals surface area (Å²) >= 11 is 0. The fraction of sp³-hybridized carbons (Fsp3) is 0.208. The Labute approximate surface area is 313 Å². The molecule has 5 unspecified atom stereocenters. The summed E-state index contributed by atoms with van der Waals surface area (Å²) in [7, 11) is 2.23. The van der Waals surface area contributed by atoms with Gasteiger partial charge in [0, 0.05) is 12.1 Å². The van der Waals surface area contributed by atoms with E-state index < -0.39 is 0 Å². The largest absolute Gasteiger partial charge is 0.295 e. The van der Waals surface area contributed by atoms with Crippen molar-refractivity contribution in [3.63, 3.8) is 0 Å². The molecule has 264 valence electrons. The number of nitrogens with zero attached hydrogens (tertiary/aromatic N) is 1. The molecule has 0 radical (unpaired) electrons. The molecule has 0 aliphatic carbocycles. The average molecular weight is 694 g/mol. The van der Waals surface area contributed by atoms with Crippen molar-refractivity contribution in [3.05, 3.63) is 180 Å². The predicted octanol–water partition coefficient (Wildman–Crippen LogP) is 10.2. The molecule has 7 aromatic rings. The van der Waals surface area contributed by atoms with Gasteiger partial charge < -0.3 is 0 Å². The molecule has 2 saturated heterocycles. The molecule has 53 heavy (non-hydrogen) atoms. The molecule has 5 atom stereocenters. The van der Waals surface area contributed by atoms with Crippen LogP contribution in [0.5, 0.6) is 0 Å². The Morgan fingerprint density at radius 1 is 0.453 bits per heavy atom. The van der Waals surface area contributed by atoms with E-state index in [0.29, 0.717) is 12.1 Å². The van der Waals surface area contributed by atoms with Crippen LogP contribution in [0, 0.1) is 0 Å². The molecule has 2 aliphatic rings. The fourth-order valence-corrected chi connectivity index (χ4v) is 8.52. The molecule has 4 N–H and O–H groups in total. The lowest BCUT2D eigenvalue weighted by Crippen LogP contribution is -2.54. The van der Waals surface area contributed by atoms with E-state index in [1.54, 1.807) is 0 Å². The number of benzene rings is 7. The highest BCUT2D eigenvalue weighted by Crippen LogP contribution is 2.38. The third kappa shape index (κ3) is 6.67. The second-order valence-electron chi connectivity index (χ2n) is 15.0. The number of nitrogens with one attached hydrogen (secondary N) is 4. The predicted molar refractivity (Wildman–Crippen MR) is 220 cm³/mol. The summed E-state index contributed by atoms with van der Waals surface area (Å²) in [4.78, 5) is 2.46. The molecule has 0 aromatic heterocycles. The number of rotatable bonds is 6. The van der Waals surface area contributed by atoms with E-state index in [2.05, 4.69) is 205 Å². The molecular formula is C48H47N5. The Morgan fingerprint density at radius 2 is 1.06 bits per heavy atom. The highest BCUT2D eigenvalue weighted by molar-refractivity contribution is 6.12. The van der Waals surface area contributed by atoms with E-state index in [-0.39, 0.29) is 24.7 Å². The van der Waals surface area contributed by atoms with Gasteiger partial charge in [0.1, 0.15) is 0 Å². The van der Waals surface area contributed by atoms with E-state index >= 15 is 0 Å². The summed E-state index contributed by atoms with van der Waals surface area (Å²) in [5.74, 6) is 0. The Morgan fingerprint density at radius 3 is 1.75 bits per heavy atom. The smallest absolute Gasteiger partial charge is 0.0865 e. The molecule has 2 fully saturated rings. The number of hydrogen-bond donors (Lipinski definition) is 4. The van der Waals surface area contributed by atoms with Crippen LogP contribution in [0.2, 0.25) is 0 Å². The van der Waals surface area contributed by atoms with Crippen LogP contribution in [0.15, 0.2) is 158 Å². The minimum absolute atomic E-state index is 0.0484. The van der Waals surface area contributed by atoms with Crippen LogP contribution in [0.25, 0.3) is 43.8 Å². The molecule has 7 aromatic carbocycles. The quantitative estimate of drug-likeness (QED) is 0.131. The van der Waals surface area contributed by atoms with Gasteiger partial charge in [0.05, 0.1) is 24.7 Å². The first kappa shape index (κ1) is 33.7. The maximum absolute atomic E-state index is 3.93. The molecule has 2 heterocycles. The highest BCUT2D eigenvalue weighted by Gasteiger charge is 2.31. The van der Waals surface area contributed by atoms with Crippen LogP contribution in [0.3, 0.4) is 0 Å². The van der Waals surface area contributed by atoms with E-state index in [1.165, 1.54) is 66.1 Å². The molecule has 2 aliphatic heterocycles. The molecule has 5 nitrogen and oxygen atoms in total. The zero-order valence-corrected chi connectivity index (χ0v) is 30.6. The highest BCUT2D eigenvalue weighted by atomic mass is 15.4. The van der Waals surface area contributed by atoms with E-state index in [9.17, 15) is 0 Å². The van der Waals surface area contributed by atoms with Gasteiger partial charge in [-0.15, -0.1) is 0 Å². The molecule has 0 saturated carbocycles. The lowest BCUT2D eigenvalue weighted by Gasteiger charge is -2.42. The minimum Gasteiger partial charge on any atom is -0.295 e. The number of fused-ring (bicyclic) bond motifs is 3. The lowest BCUT2D eigenvalue weighted by atomic mass is 9.90. The topological polar surface area (TPSA) is 51.4 Å². The third-order valence-corrected chi connectivity index (χ3v) is 11.5. The van der Waals surface area contributed by atoms with Crippen LogP contribution >= 0.6 is 0 Å². The first-order valence-corrected chi connectivity index (χ1v) is 19.0. The molecule has 0 amide bonds. The zero-order valence-electron chi connectivity index (χ0n) is 30.6. The van der Waals surface area contributed by atoms with Gasteiger partial charge in [-0.1, -0.05) is 140 Å². The van der Waals surface area contributed by atoms with Crippen LogP contribution in [-0.4, -0.2) is 24.0 Å². The summed E-state index contributed by atoms with van der Waals surface area (Å²) in [5.41, 5.74) is 9.74. The van der Waals surface area contributed by atoms with Crippen LogP contribution in [0.4, 0.5) is 0 Å². The van der Waals surface area contributed by atoms with Crippen LogP contribution < -0.4 is 21.3 Å². The molecule has 5 heteroatoms. The standard InChI is InChI=1S/C48H47N5/c1-31-27-32(2)53(3)48(49-31)37-23-21-33(22-24-37)38-28-39(42-19-12-20-43-41-18-11-10-13-34(41)25-26-44(42)43)30-40(29-38)47-51-45(35-14-6-4-7-15-35)50-46(52-47)36-16-8-5-9-17-36/h4-26,28-32,45-52H,27H2,1-3H3. The Kier molecular flexibility index (Phi) is 9.12. The van der Waals surface area contributed by atoms with Gasteiger partial charge in [-0.05, 0) is 112 Å². The van der Waals surface area contributed by atoms with Crippen molar-refractivity contribution in [2.75, 3.05) is 7.05 Å². The summed E-state index contributed by atoms with van der Waals surface area (Å²) in [6.45, 7) is 4.62. The maximum Gasteiger partial charge on any atom is 0.0865 e. The molecule has 0 spiro atoms. The first-order chi connectivity index (χ1) is 26.0. The first-order valence-electron chi connectivity index (χ1n) is 19.0. The summed E-state index contributed by atoms with van der Waals surface area (Å²) in [5, 5.41) is 20.6. The molecular weight excluding hydrogens is 647 g/mol. The van der Waals surface area contributed by atoms with Crippen molar-refractivity contribution in [3.8, 4) is 22.3 Å². The summed E-state index contributed by atoms with van der Waals surface area (Å²) in [6, 6.07) is 58.7. The SMILES string of the molecule is CC1CC(C)N(C)C(c2ccc(-c3cc(-c4cccc5c4ccc4ccccc45)cc(C4NC(c5ccccc5)NC(c5ccccc5)N4)c3)cc2)N1. The average Bonchev–Trinajstić information content (AvgIpc) is 3.22. The van der Waals surface area contributed by atoms with Crippen molar-refractivity contribution in [2.24, 2.45) is 0 Å². The second kappa shape index (κ2) is 14.4. The zero-order chi connectivity index (χ0) is 35.9. The van der Waals surface area contributed by atoms with Crippen LogP contribution in [0.1, 0.15) is 67.2 Å². The summed E-state index contributed by atoms with van der Waals surface area (Å²) < 4.78 is 0. The van der Waals surface area contributed by atoms with Crippen molar-refractivity contribution >= 4 is 21.5 Å². The maximum atomic E-state index is 3.93. The van der Waals surface area contributed by atoms with Gasteiger partial charge in [-0.2, -0.15) is 0 Å². The van der Waals surface area contributed by atoms with Crippen molar-refractivity contribution in [1.82, 2.24) is 26.2 Å². The van der Waals surface area contributed by atoms with Crippen molar-refractivity contribution in [2.45, 2.75) is 57.0 Å². The monoisotopic (exact) mass is 693 g/mol. The fourth-order valence-electron chi connectivity index (χ4n) is 8.52.